The van der Waals surface area contributed by atoms with Gasteiger partial charge in [0.15, 0.2) is 0 Å². The molecule has 5 heavy (non-hydrogen) atoms. The van der Waals surface area contributed by atoms with E-state index in [4.69, 9.17) is 0 Å². The molecule has 1 aliphatic rings. The first kappa shape index (κ1) is 3.21. The lowest BCUT2D eigenvalue weighted by Gasteiger charge is -1.79. The molecule has 1 aliphatic heterocycles. The molecule has 0 aromatic carbocycles. The molecule has 0 atom stereocenters. The van der Waals surface area contributed by atoms with Crippen LogP contribution in [0.15, 0.2) is 0 Å². The molecule has 0 aromatic rings. The fourth-order valence-corrected chi connectivity index (χ4v) is 0.113. The van der Waals surface area contributed by atoms with E-state index in [0.29, 0.717) is 0 Å². The summed E-state index contributed by atoms with van der Waals surface area (Å²) in [7, 11) is 2.58. The van der Waals surface area contributed by atoms with E-state index >= 15 is 0 Å². The van der Waals surface area contributed by atoms with E-state index in [-0.39, 0.29) is 0 Å². The molecule has 0 saturated carbocycles. The first-order valence-electron chi connectivity index (χ1n) is 1.14. The first-order valence-corrected chi connectivity index (χ1v) is 1.14. The molecule has 0 amide bonds. The molecule has 0 spiro atoms. The molecule has 0 aliphatic carbocycles. The Morgan fingerprint density at radius 2 is 1.60 bits per heavy atom. The van der Waals surface area contributed by atoms with Crippen molar-refractivity contribution in [1.82, 2.24) is 0 Å². The van der Waals surface area contributed by atoms with Crippen LogP contribution >= 0.6 is 0 Å². The summed E-state index contributed by atoms with van der Waals surface area (Å²) in [5.41, 5.74) is 0. The van der Waals surface area contributed by atoms with Crippen molar-refractivity contribution in [1.29, 1.82) is 0 Å². The van der Waals surface area contributed by atoms with Gasteiger partial charge in [0, 0.05) is 0 Å². The molecule has 3 nitrogen and oxygen atoms in total. The zero-order valence-corrected chi connectivity index (χ0v) is 2.38. The summed E-state index contributed by atoms with van der Waals surface area (Å²) < 4.78 is 0. The van der Waals surface area contributed by atoms with Gasteiger partial charge in [-0.05, 0) is 0 Å². The minimum Gasteiger partial charge on any atom is -0.290 e. The van der Waals surface area contributed by atoms with E-state index in [1.807, 2.05) is 0 Å². The van der Waals surface area contributed by atoms with Gasteiger partial charge in [-0.15, -0.1) is 5.04 Å². The molecule has 24 valence electrons. The lowest BCUT2D eigenvalue weighted by atomic mass is 9.65. The standard InChI is InChI=1S/B2O3/c1-2-4-5-3-1. The maximum atomic E-state index is 4.04. The van der Waals surface area contributed by atoms with Crippen molar-refractivity contribution in [2.24, 2.45) is 0 Å². The fraction of sp³-hybridized carbons (Fsp3) is 0. The van der Waals surface area contributed by atoms with Gasteiger partial charge in [-0.3, -0.25) is 9.61 Å². The zero-order valence-electron chi connectivity index (χ0n) is 2.38. The van der Waals surface area contributed by atoms with Gasteiger partial charge in [0.25, 0.3) is 0 Å². The van der Waals surface area contributed by atoms with Gasteiger partial charge >= 0.3 is 14.7 Å². The van der Waals surface area contributed by atoms with Crippen LogP contribution in [0.5, 0.6) is 0 Å². The SMILES string of the molecule is [B]1[B]OOO1. The van der Waals surface area contributed by atoms with E-state index in [9.17, 15) is 0 Å². The Bertz CT molecular complexity index is 16.5. The van der Waals surface area contributed by atoms with Gasteiger partial charge in [0.1, 0.15) is 0 Å². The predicted molar refractivity (Wildman–Crippen MR) is 14.8 cm³/mol. The van der Waals surface area contributed by atoms with Crippen molar-refractivity contribution in [3.8, 4) is 0 Å². The Morgan fingerprint density at radius 3 is 1.80 bits per heavy atom. The smallest absolute Gasteiger partial charge is 0.290 e. The maximum Gasteiger partial charge on any atom is 0.342 e. The third-order valence-electron chi connectivity index (χ3n) is 0.245. The topological polar surface area (TPSA) is 27.7 Å². The molecule has 0 unspecified atom stereocenters. The second kappa shape index (κ2) is 1.45. The molecule has 1 fully saturated rings. The largest absolute Gasteiger partial charge is 0.342 e. The van der Waals surface area contributed by atoms with Crippen LogP contribution in [0.1, 0.15) is 0 Å². The minimum absolute atomic E-state index is 1.29. The summed E-state index contributed by atoms with van der Waals surface area (Å²) >= 11 is 0. The van der Waals surface area contributed by atoms with Crippen LogP contribution in [-0.2, 0) is 14.6 Å². The van der Waals surface area contributed by atoms with Crippen molar-refractivity contribution in [2.45, 2.75) is 0 Å². The van der Waals surface area contributed by atoms with Crippen molar-refractivity contribution in [3.63, 3.8) is 0 Å². The Hall–Kier alpha value is 0.00987. The predicted octanol–water partition coefficient (Wildman–Crippen LogP) is -0.967. The van der Waals surface area contributed by atoms with Crippen LogP contribution in [0.4, 0.5) is 0 Å². The zero-order chi connectivity index (χ0) is 3.54. The molecule has 0 N–H and O–H groups in total. The normalized spacial score (nSPS) is 20.8. The summed E-state index contributed by atoms with van der Waals surface area (Å²) in [6.45, 7) is 0. The van der Waals surface area contributed by atoms with Crippen LogP contribution in [0, 0.1) is 0 Å². The Morgan fingerprint density at radius 1 is 1.00 bits per heavy atom. The Labute approximate surface area is 30.6 Å². The van der Waals surface area contributed by atoms with Gasteiger partial charge in [-0.1, -0.05) is 0 Å². The van der Waals surface area contributed by atoms with Crippen LogP contribution in [0.25, 0.3) is 0 Å². The average Bonchev–Trinajstić information content (AvgIpc) is 1.76. The van der Waals surface area contributed by atoms with Gasteiger partial charge < -0.3 is 0 Å². The number of rotatable bonds is 0. The molecule has 2 radical (unpaired) electrons. The highest BCUT2D eigenvalue weighted by Gasteiger charge is 2.05. The summed E-state index contributed by atoms with van der Waals surface area (Å²) in [5.74, 6) is 0. The van der Waals surface area contributed by atoms with Crippen molar-refractivity contribution < 1.29 is 14.6 Å². The van der Waals surface area contributed by atoms with Crippen LogP contribution in [-0.4, -0.2) is 14.7 Å². The van der Waals surface area contributed by atoms with Gasteiger partial charge in [0.05, 0.1) is 0 Å². The number of hydrogen-bond donors (Lipinski definition) is 0. The highest BCUT2D eigenvalue weighted by molar-refractivity contribution is 6.94. The van der Waals surface area contributed by atoms with Crippen LogP contribution in [0.3, 0.4) is 0 Å². The van der Waals surface area contributed by atoms with Crippen molar-refractivity contribution in [2.75, 3.05) is 0 Å². The molecule has 5 heteroatoms. The third-order valence-corrected chi connectivity index (χ3v) is 0.245. The second-order valence-corrected chi connectivity index (χ2v) is 0.533. The molecule has 1 heterocycles. The molecule has 0 aromatic heterocycles. The highest BCUT2D eigenvalue weighted by atomic mass is 17.5. The van der Waals surface area contributed by atoms with Gasteiger partial charge in [0.2, 0.25) is 0 Å². The monoisotopic (exact) mass is 70.0 g/mol. The van der Waals surface area contributed by atoms with E-state index in [2.05, 4.69) is 14.6 Å². The molecule has 1 rings (SSSR count). The van der Waals surface area contributed by atoms with Crippen molar-refractivity contribution >= 4 is 14.7 Å². The first-order chi connectivity index (χ1) is 2.50. The van der Waals surface area contributed by atoms with E-state index in [0.717, 1.165) is 0 Å². The summed E-state index contributed by atoms with van der Waals surface area (Å²) in [6, 6.07) is 0. The molecular weight excluding hydrogens is 69.6 g/mol. The summed E-state index contributed by atoms with van der Waals surface area (Å²) in [4.78, 5) is 8.08. The maximum absolute atomic E-state index is 4.04. The minimum atomic E-state index is 1.29. The van der Waals surface area contributed by atoms with Crippen LogP contribution in [0.2, 0.25) is 0 Å². The highest BCUT2D eigenvalue weighted by Crippen LogP contribution is 1.82. The Kier molecular flexibility index (Phi) is 0.929. The lowest BCUT2D eigenvalue weighted by molar-refractivity contribution is -0.400. The quantitative estimate of drug-likeness (QED) is 0.271. The molecule has 1 saturated heterocycles. The van der Waals surface area contributed by atoms with E-state index in [1.165, 1.54) is 14.7 Å². The molecule has 0 bridgehead atoms. The second-order valence-electron chi connectivity index (χ2n) is 0.533. The number of hydrogen-bond acceptors (Lipinski definition) is 3. The summed E-state index contributed by atoms with van der Waals surface area (Å²) in [6.07, 6.45) is 0. The Balaban J connectivity index is 2.08. The average molecular weight is 69.6 g/mol. The third kappa shape index (κ3) is 0.645. The van der Waals surface area contributed by atoms with Crippen LogP contribution < -0.4 is 0 Å². The lowest BCUT2D eigenvalue weighted by Crippen LogP contribution is -1.92. The van der Waals surface area contributed by atoms with Gasteiger partial charge in [-0.25, -0.2) is 0 Å². The van der Waals surface area contributed by atoms with E-state index < -0.39 is 0 Å². The van der Waals surface area contributed by atoms with Crippen molar-refractivity contribution in [3.05, 3.63) is 0 Å². The van der Waals surface area contributed by atoms with Gasteiger partial charge in [-0.2, -0.15) is 0 Å². The molecular formula is B2O3. The van der Waals surface area contributed by atoms with E-state index in [1.54, 1.807) is 0 Å². The summed E-state index contributed by atoms with van der Waals surface area (Å²) in [5, 5.41) is 3.83. The fourth-order valence-electron chi connectivity index (χ4n) is 0.113.